The van der Waals surface area contributed by atoms with Crippen LogP contribution < -0.4 is 4.74 Å². The molecule has 88 valence electrons. The van der Waals surface area contributed by atoms with Crippen LogP contribution in [0.2, 0.25) is 0 Å². The lowest BCUT2D eigenvalue weighted by atomic mass is 9.85. The van der Waals surface area contributed by atoms with E-state index >= 15 is 0 Å². The molecule has 0 aromatic heterocycles. The van der Waals surface area contributed by atoms with E-state index in [4.69, 9.17) is 9.47 Å². The first-order valence-corrected chi connectivity index (χ1v) is 5.45. The van der Waals surface area contributed by atoms with Crippen molar-refractivity contribution in [3.05, 3.63) is 28.3 Å². The van der Waals surface area contributed by atoms with E-state index in [1.54, 1.807) is 7.11 Å². The van der Waals surface area contributed by atoms with E-state index < -0.39 is 5.60 Å². The summed E-state index contributed by atoms with van der Waals surface area (Å²) < 4.78 is 10.5. The third-order valence-corrected chi connectivity index (χ3v) is 3.41. The maximum atomic E-state index is 10.3. The predicted molar refractivity (Wildman–Crippen MR) is 61.9 cm³/mol. The van der Waals surface area contributed by atoms with Gasteiger partial charge in [-0.3, -0.25) is 0 Å². The molecule has 1 heterocycles. The summed E-state index contributed by atoms with van der Waals surface area (Å²) in [5.41, 5.74) is 3.41. The molecule has 0 amide bonds. The minimum absolute atomic E-state index is 0.388. The molecular formula is C13H18O3. The molecule has 1 aromatic rings. The fraction of sp³-hybridized carbons (Fsp3) is 0.538. The van der Waals surface area contributed by atoms with E-state index in [9.17, 15) is 5.11 Å². The molecule has 1 aliphatic heterocycles. The summed E-state index contributed by atoms with van der Waals surface area (Å²) in [4.78, 5) is 0. The number of rotatable bonds is 2. The smallest absolute Gasteiger partial charge is 0.136 e. The van der Waals surface area contributed by atoms with E-state index in [-0.39, 0.29) is 0 Å². The maximum absolute atomic E-state index is 10.3. The zero-order chi connectivity index (χ0) is 11.9. The Labute approximate surface area is 96.0 Å². The van der Waals surface area contributed by atoms with Gasteiger partial charge in [0.05, 0.1) is 20.3 Å². The van der Waals surface area contributed by atoms with Crippen molar-refractivity contribution >= 4 is 0 Å². The summed E-state index contributed by atoms with van der Waals surface area (Å²) in [6.07, 6.45) is 0. The van der Waals surface area contributed by atoms with Gasteiger partial charge in [0.25, 0.3) is 0 Å². The standard InChI is InChI=1S/C13H18O3/c1-8-5-11(13(14)6-16-7-13)9(2)10(3)12(8)15-4/h5,14H,6-7H2,1-4H3. The van der Waals surface area contributed by atoms with Crippen molar-refractivity contribution < 1.29 is 14.6 Å². The number of aryl methyl sites for hydroxylation is 1. The lowest BCUT2D eigenvalue weighted by Crippen LogP contribution is -2.47. The van der Waals surface area contributed by atoms with Crippen LogP contribution in [0.25, 0.3) is 0 Å². The van der Waals surface area contributed by atoms with Crippen molar-refractivity contribution in [2.24, 2.45) is 0 Å². The summed E-state index contributed by atoms with van der Waals surface area (Å²) in [7, 11) is 1.68. The molecule has 0 bridgehead atoms. The van der Waals surface area contributed by atoms with E-state index in [0.29, 0.717) is 13.2 Å². The highest BCUT2D eigenvalue weighted by Gasteiger charge is 2.39. The van der Waals surface area contributed by atoms with Gasteiger partial charge >= 0.3 is 0 Å². The van der Waals surface area contributed by atoms with Crippen molar-refractivity contribution in [3.8, 4) is 5.75 Å². The highest BCUT2D eigenvalue weighted by Crippen LogP contribution is 2.37. The van der Waals surface area contributed by atoms with Gasteiger partial charge in [0.15, 0.2) is 0 Å². The molecule has 2 rings (SSSR count). The Morgan fingerprint density at radius 2 is 1.88 bits per heavy atom. The third kappa shape index (κ3) is 1.51. The number of aliphatic hydroxyl groups is 1. The maximum Gasteiger partial charge on any atom is 0.136 e. The lowest BCUT2D eigenvalue weighted by Gasteiger charge is -2.38. The van der Waals surface area contributed by atoms with Gasteiger partial charge in [0.1, 0.15) is 11.4 Å². The third-order valence-electron chi connectivity index (χ3n) is 3.41. The van der Waals surface area contributed by atoms with Gasteiger partial charge in [-0.15, -0.1) is 0 Å². The Kier molecular flexibility index (Phi) is 2.68. The monoisotopic (exact) mass is 222 g/mol. The van der Waals surface area contributed by atoms with Crippen molar-refractivity contribution in [1.82, 2.24) is 0 Å². The molecule has 16 heavy (non-hydrogen) atoms. The molecule has 0 spiro atoms. The molecule has 0 saturated carbocycles. The van der Waals surface area contributed by atoms with E-state index in [0.717, 1.165) is 28.0 Å². The van der Waals surface area contributed by atoms with Gasteiger partial charge in [-0.05, 0) is 49.1 Å². The first kappa shape index (κ1) is 11.4. The number of hydrogen-bond acceptors (Lipinski definition) is 3. The number of methoxy groups -OCH3 is 1. The van der Waals surface area contributed by atoms with E-state index in [1.807, 2.05) is 26.8 Å². The highest BCUT2D eigenvalue weighted by atomic mass is 16.5. The average Bonchev–Trinajstić information content (AvgIpc) is 2.21. The molecule has 0 radical (unpaired) electrons. The van der Waals surface area contributed by atoms with Crippen molar-refractivity contribution in [3.63, 3.8) is 0 Å². The van der Waals surface area contributed by atoms with Gasteiger partial charge in [0, 0.05) is 0 Å². The Morgan fingerprint density at radius 3 is 2.31 bits per heavy atom. The normalized spacial score (nSPS) is 18.1. The molecule has 1 fully saturated rings. The summed E-state index contributed by atoms with van der Waals surface area (Å²) in [6, 6.07) is 2.00. The van der Waals surface area contributed by atoms with Crippen molar-refractivity contribution in [1.29, 1.82) is 0 Å². The van der Waals surface area contributed by atoms with Crippen LogP contribution in [0.15, 0.2) is 6.07 Å². The Hall–Kier alpha value is -1.06. The second-order valence-electron chi connectivity index (χ2n) is 4.55. The Bertz CT molecular complexity index is 420. The molecule has 1 aromatic carbocycles. The van der Waals surface area contributed by atoms with Crippen molar-refractivity contribution in [2.75, 3.05) is 20.3 Å². The number of benzene rings is 1. The van der Waals surface area contributed by atoms with Crippen LogP contribution in [0.3, 0.4) is 0 Å². The van der Waals surface area contributed by atoms with E-state index in [1.165, 1.54) is 0 Å². The SMILES string of the molecule is COc1c(C)cc(C2(O)COC2)c(C)c1C. The van der Waals surface area contributed by atoms with Crippen molar-refractivity contribution in [2.45, 2.75) is 26.4 Å². The Morgan fingerprint density at radius 1 is 1.25 bits per heavy atom. The van der Waals surface area contributed by atoms with Gasteiger partial charge < -0.3 is 14.6 Å². The zero-order valence-electron chi connectivity index (χ0n) is 10.3. The topological polar surface area (TPSA) is 38.7 Å². The summed E-state index contributed by atoms with van der Waals surface area (Å²) in [6.45, 7) is 6.81. The lowest BCUT2D eigenvalue weighted by molar-refractivity contribution is -0.185. The predicted octanol–water partition coefficient (Wildman–Crippen LogP) is 1.84. The molecule has 0 unspecified atom stereocenters. The fourth-order valence-corrected chi connectivity index (χ4v) is 2.31. The van der Waals surface area contributed by atoms with Crippen LogP contribution in [-0.4, -0.2) is 25.4 Å². The molecule has 3 heteroatoms. The summed E-state index contributed by atoms with van der Waals surface area (Å²) in [5, 5.41) is 10.3. The molecule has 1 saturated heterocycles. The summed E-state index contributed by atoms with van der Waals surface area (Å²) in [5.74, 6) is 0.907. The second-order valence-corrected chi connectivity index (χ2v) is 4.55. The minimum Gasteiger partial charge on any atom is -0.496 e. The highest BCUT2D eigenvalue weighted by molar-refractivity contribution is 5.51. The van der Waals surface area contributed by atoms with Crippen LogP contribution >= 0.6 is 0 Å². The quantitative estimate of drug-likeness (QED) is 0.829. The number of ether oxygens (including phenoxy) is 2. The van der Waals surface area contributed by atoms with E-state index in [2.05, 4.69) is 0 Å². The van der Waals surface area contributed by atoms with Gasteiger partial charge in [-0.25, -0.2) is 0 Å². The van der Waals surface area contributed by atoms with Crippen LogP contribution in [0, 0.1) is 20.8 Å². The first-order valence-electron chi connectivity index (χ1n) is 5.45. The molecule has 0 aliphatic carbocycles. The van der Waals surface area contributed by atoms with Gasteiger partial charge in [0.2, 0.25) is 0 Å². The number of hydrogen-bond donors (Lipinski definition) is 1. The minimum atomic E-state index is -0.800. The van der Waals surface area contributed by atoms with Crippen LogP contribution in [-0.2, 0) is 10.3 Å². The molecule has 1 N–H and O–H groups in total. The second kappa shape index (κ2) is 3.75. The molecule has 1 aliphatic rings. The first-order chi connectivity index (χ1) is 7.49. The largest absolute Gasteiger partial charge is 0.496 e. The van der Waals surface area contributed by atoms with Gasteiger partial charge in [-0.1, -0.05) is 0 Å². The molecule has 0 atom stereocenters. The molecular weight excluding hydrogens is 204 g/mol. The average molecular weight is 222 g/mol. The Balaban J connectivity index is 2.56. The molecule has 3 nitrogen and oxygen atoms in total. The van der Waals surface area contributed by atoms with Crippen LogP contribution in [0.4, 0.5) is 0 Å². The van der Waals surface area contributed by atoms with Crippen LogP contribution in [0.5, 0.6) is 5.75 Å². The van der Waals surface area contributed by atoms with Crippen LogP contribution in [0.1, 0.15) is 22.3 Å². The zero-order valence-corrected chi connectivity index (χ0v) is 10.3. The van der Waals surface area contributed by atoms with Gasteiger partial charge in [-0.2, -0.15) is 0 Å². The summed E-state index contributed by atoms with van der Waals surface area (Å²) >= 11 is 0. The fourth-order valence-electron chi connectivity index (χ4n) is 2.31.